The van der Waals surface area contributed by atoms with Gasteiger partial charge >= 0.3 is 12.2 Å². The minimum Gasteiger partial charge on any atom is -0.493 e. The molecule has 0 saturated heterocycles. The molecule has 0 spiro atoms. The highest BCUT2D eigenvalue weighted by molar-refractivity contribution is 5.91. The van der Waals surface area contributed by atoms with E-state index in [1.54, 1.807) is 18.2 Å². The molecule has 29 heavy (non-hydrogen) atoms. The fourth-order valence-corrected chi connectivity index (χ4v) is 2.27. The summed E-state index contributed by atoms with van der Waals surface area (Å²) in [7, 11) is 2.94. The summed E-state index contributed by atoms with van der Waals surface area (Å²) in [6, 6.07) is 9.04. The third-order valence-corrected chi connectivity index (χ3v) is 3.59. The van der Waals surface area contributed by atoms with Crippen LogP contribution in [0.1, 0.15) is 5.56 Å². The molecule has 0 bridgehead atoms. The number of anilines is 1. The number of carbonyl (C=O) groups excluding carboxylic acids is 1. The average Bonchev–Trinajstić information content (AvgIpc) is 2.70. The van der Waals surface area contributed by atoms with Gasteiger partial charge in [-0.3, -0.25) is 0 Å². The summed E-state index contributed by atoms with van der Waals surface area (Å²) in [5.74, 6) is 6.16. The second kappa shape index (κ2) is 10.1. The Morgan fingerprint density at radius 3 is 2.52 bits per heavy atom. The number of urea groups is 1. The molecule has 2 rings (SSSR count). The molecule has 0 aliphatic heterocycles. The van der Waals surface area contributed by atoms with Crippen LogP contribution in [0.15, 0.2) is 42.5 Å². The molecule has 0 aliphatic carbocycles. The lowest BCUT2D eigenvalue weighted by atomic mass is 10.2. The second-order valence-electron chi connectivity index (χ2n) is 5.52. The minimum absolute atomic E-state index is 0.0179. The van der Waals surface area contributed by atoms with Gasteiger partial charge in [-0.1, -0.05) is 24.0 Å². The molecular weight excluding hydrogens is 389 g/mol. The Hall–Kier alpha value is -3.54. The number of hydrogen-bond donors (Lipinski definition) is 2. The van der Waals surface area contributed by atoms with E-state index in [4.69, 9.17) is 14.2 Å². The molecule has 0 fully saturated rings. The van der Waals surface area contributed by atoms with E-state index >= 15 is 0 Å². The summed E-state index contributed by atoms with van der Waals surface area (Å²) in [5.41, 5.74) is -0.376. The van der Waals surface area contributed by atoms with Crippen LogP contribution in [-0.2, 0) is 6.18 Å². The van der Waals surface area contributed by atoms with E-state index in [0.29, 0.717) is 17.2 Å². The smallest absolute Gasteiger partial charge is 0.416 e. The number of carbonyl (C=O) groups is 1. The molecule has 0 aromatic heterocycles. The van der Waals surface area contributed by atoms with E-state index in [1.165, 1.54) is 26.4 Å². The van der Waals surface area contributed by atoms with E-state index in [2.05, 4.69) is 22.5 Å². The molecule has 6 nitrogen and oxygen atoms in total. The number of amides is 2. The molecule has 0 atom stereocenters. The van der Waals surface area contributed by atoms with Crippen LogP contribution in [0.2, 0.25) is 0 Å². The number of alkyl halides is 3. The highest BCUT2D eigenvalue weighted by Crippen LogP contribution is 2.34. The number of para-hydroxylation sites is 1. The maximum absolute atomic E-state index is 12.6. The number of methoxy groups -OCH3 is 2. The molecule has 0 unspecified atom stereocenters. The lowest BCUT2D eigenvalue weighted by molar-refractivity contribution is -0.137. The van der Waals surface area contributed by atoms with E-state index in [9.17, 15) is 18.0 Å². The average molecular weight is 408 g/mol. The van der Waals surface area contributed by atoms with Gasteiger partial charge in [0, 0.05) is 0 Å². The Balaban J connectivity index is 1.80. The van der Waals surface area contributed by atoms with Crippen LogP contribution < -0.4 is 24.8 Å². The highest BCUT2D eigenvalue weighted by Gasteiger charge is 2.30. The number of hydrogen-bond acceptors (Lipinski definition) is 4. The largest absolute Gasteiger partial charge is 0.493 e. The van der Waals surface area contributed by atoms with Crippen LogP contribution in [0.25, 0.3) is 0 Å². The molecule has 2 aromatic carbocycles. The first-order valence-electron chi connectivity index (χ1n) is 8.36. The third-order valence-electron chi connectivity index (χ3n) is 3.59. The summed E-state index contributed by atoms with van der Waals surface area (Å²) < 4.78 is 53.4. The lowest BCUT2D eigenvalue weighted by Gasteiger charge is -2.13. The maximum Gasteiger partial charge on any atom is 0.416 e. The van der Waals surface area contributed by atoms with E-state index in [1.807, 2.05) is 0 Å². The van der Waals surface area contributed by atoms with Crippen molar-refractivity contribution < 1.29 is 32.2 Å². The monoisotopic (exact) mass is 408 g/mol. The van der Waals surface area contributed by atoms with Gasteiger partial charge in [0.2, 0.25) is 0 Å². The molecule has 2 aromatic rings. The van der Waals surface area contributed by atoms with Crippen molar-refractivity contribution in [1.82, 2.24) is 5.32 Å². The van der Waals surface area contributed by atoms with Crippen LogP contribution in [0, 0.1) is 11.8 Å². The summed E-state index contributed by atoms with van der Waals surface area (Å²) in [5, 5.41) is 5.14. The quantitative estimate of drug-likeness (QED) is 0.711. The summed E-state index contributed by atoms with van der Waals surface area (Å²) >= 11 is 0. The Kier molecular flexibility index (Phi) is 7.60. The van der Waals surface area contributed by atoms with Crippen molar-refractivity contribution in [3.05, 3.63) is 48.0 Å². The predicted octanol–water partition coefficient (Wildman–Crippen LogP) is 3.93. The van der Waals surface area contributed by atoms with Crippen molar-refractivity contribution in [3.8, 4) is 29.1 Å². The summed E-state index contributed by atoms with van der Waals surface area (Å²) in [4.78, 5) is 11.9. The van der Waals surface area contributed by atoms with Crippen molar-refractivity contribution in [2.45, 2.75) is 6.18 Å². The van der Waals surface area contributed by atoms with Gasteiger partial charge in [0.15, 0.2) is 11.5 Å². The van der Waals surface area contributed by atoms with Gasteiger partial charge in [-0.05, 0) is 30.3 Å². The number of rotatable bonds is 6. The van der Waals surface area contributed by atoms with E-state index in [-0.39, 0.29) is 18.9 Å². The third kappa shape index (κ3) is 6.53. The fourth-order valence-electron chi connectivity index (χ4n) is 2.27. The van der Waals surface area contributed by atoms with Gasteiger partial charge in [-0.2, -0.15) is 13.2 Å². The van der Waals surface area contributed by atoms with Crippen molar-refractivity contribution in [2.75, 3.05) is 32.7 Å². The van der Waals surface area contributed by atoms with Crippen LogP contribution >= 0.6 is 0 Å². The van der Waals surface area contributed by atoms with Crippen LogP contribution in [0.5, 0.6) is 17.2 Å². The van der Waals surface area contributed by atoms with Gasteiger partial charge in [0.05, 0.1) is 32.0 Å². The topological polar surface area (TPSA) is 68.8 Å². The second-order valence-corrected chi connectivity index (χ2v) is 5.52. The van der Waals surface area contributed by atoms with Crippen molar-refractivity contribution >= 4 is 11.7 Å². The lowest BCUT2D eigenvalue weighted by Crippen LogP contribution is -2.29. The number of halogens is 3. The predicted molar refractivity (Wildman–Crippen MR) is 101 cm³/mol. The Morgan fingerprint density at radius 1 is 1.07 bits per heavy atom. The zero-order valence-corrected chi connectivity index (χ0v) is 15.7. The molecule has 0 aliphatic rings. The summed E-state index contributed by atoms with van der Waals surface area (Å²) in [6.45, 7) is -0.0988. The maximum atomic E-state index is 12.6. The Morgan fingerprint density at radius 2 is 1.83 bits per heavy atom. The van der Waals surface area contributed by atoms with Crippen molar-refractivity contribution in [3.63, 3.8) is 0 Å². The molecular formula is C20H19F3N2O4. The standard InChI is InChI=1S/C20H19F3N2O4/c1-27-17-10-6-9-16(18(17)28-2)25-19(26)24-11-3-4-12-29-15-8-5-7-14(13-15)20(21,22)23/h5-10,13H,11-12H2,1-2H3,(H2,24,25,26). The number of benzene rings is 2. The molecule has 2 N–H and O–H groups in total. The van der Waals surface area contributed by atoms with Gasteiger partial charge in [0.1, 0.15) is 12.4 Å². The first kappa shape index (κ1) is 21.8. The molecule has 0 radical (unpaired) electrons. The summed E-state index contributed by atoms with van der Waals surface area (Å²) in [6.07, 6.45) is -4.44. The van der Waals surface area contributed by atoms with Crippen LogP contribution in [0.4, 0.5) is 23.7 Å². The number of nitrogens with one attached hydrogen (secondary N) is 2. The van der Waals surface area contributed by atoms with E-state index < -0.39 is 17.8 Å². The van der Waals surface area contributed by atoms with E-state index in [0.717, 1.165) is 12.1 Å². The molecule has 9 heteroatoms. The molecule has 154 valence electrons. The van der Waals surface area contributed by atoms with Gasteiger partial charge in [-0.25, -0.2) is 4.79 Å². The van der Waals surface area contributed by atoms with Crippen LogP contribution in [0.3, 0.4) is 0 Å². The molecule has 2 amide bonds. The van der Waals surface area contributed by atoms with Gasteiger partial charge in [-0.15, -0.1) is 0 Å². The Labute approximate surface area is 166 Å². The van der Waals surface area contributed by atoms with Crippen molar-refractivity contribution in [1.29, 1.82) is 0 Å². The van der Waals surface area contributed by atoms with Gasteiger partial charge < -0.3 is 24.8 Å². The zero-order valence-electron chi connectivity index (χ0n) is 15.7. The van der Waals surface area contributed by atoms with Gasteiger partial charge in [0.25, 0.3) is 0 Å². The first-order valence-corrected chi connectivity index (χ1v) is 8.36. The molecule has 0 heterocycles. The minimum atomic E-state index is -4.44. The SMILES string of the molecule is COc1cccc(NC(=O)NCC#CCOc2cccc(C(F)(F)F)c2)c1OC. The Bertz CT molecular complexity index is 905. The normalized spacial score (nSPS) is 10.4. The first-order chi connectivity index (χ1) is 13.8. The molecule has 0 saturated carbocycles. The zero-order chi connectivity index (χ0) is 21.3. The van der Waals surface area contributed by atoms with Crippen LogP contribution in [-0.4, -0.2) is 33.4 Å². The van der Waals surface area contributed by atoms with Crippen molar-refractivity contribution in [2.24, 2.45) is 0 Å². The number of ether oxygens (including phenoxy) is 3. The fraction of sp³-hybridized carbons (Fsp3) is 0.250. The highest BCUT2D eigenvalue weighted by atomic mass is 19.4.